The molecule has 1 amide bonds. The van der Waals surface area contributed by atoms with Crippen LogP contribution in [-0.2, 0) is 4.74 Å². The van der Waals surface area contributed by atoms with Crippen LogP contribution < -0.4 is 5.32 Å². The summed E-state index contributed by atoms with van der Waals surface area (Å²) in [5.41, 5.74) is 1.95. The van der Waals surface area contributed by atoms with Gasteiger partial charge in [0.25, 0.3) is 5.91 Å². The Morgan fingerprint density at radius 3 is 2.96 bits per heavy atom. The number of aryl methyl sites for hydroxylation is 1. The lowest BCUT2D eigenvalue weighted by Crippen LogP contribution is -2.28. The molecule has 7 heteroatoms. The van der Waals surface area contributed by atoms with Gasteiger partial charge in [-0.05, 0) is 37.6 Å². The number of carbonyl (C=O) groups excluding carboxylic acids is 1. The highest BCUT2D eigenvalue weighted by Crippen LogP contribution is 2.16. The lowest BCUT2D eigenvalue weighted by atomic mass is 10.2. The van der Waals surface area contributed by atoms with Crippen LogP contribution in [0.1, 0.15) is 22.6 Å². The van der Waals surface area contributed by atoms with Gasteiger partial charge in [-0.3, -0.25) is 4.79 Å². The van der Waals surface area contributed by atoms with E-state index in [1.54, 1.807) is 22.9 Å². The largest absolute Gasteiger partial charge is 0.391 e. The fourth-order valence-corrected chi connectivity index (χ4v) is 2.36. The first-order valence-electron chi connectivity index (χ1n) is 7.29. The van der Waals surface area contributed by atoms with Crippen molar-refractivity contribution in [2.45, 2.75) is 19.4 Å². The molecule has 0 aliphatic heterocycles. The van der Waals surface area contributed by atoms with E-state index in [9.17, 15) is 9.90 Å². The summed E-state index contributed by atoms with van der Waals surface area (Å²) in [5.74, 6) is -0.279. The molecule has 6 nitrogen and oxygen atoms in total. The molecule has 2 N–H and O–H groups in total. The summed E-state index contributed by atoms with van der Waals surface area (Å²) in [7, 11) is 1.52. The first-order chi connectivity index (χ1) is 11.0. The number of carbonyl (C=O) groups is 1. The van der Waals surface area contributed by atoms with E-state index in [0.717, 1.165) is 11.4 Å². The molecule has 1 atom stereocenters. The number of aliphatic hydroxyl groups excluding tert-OH is 1. The van der Waals surface area contributed by atoms with Gasteiger partial charge < -0.3 is 15.2 Å². The van der Waals surface area contributed by atoms with Crippen molar-refractivity contribution >= 4 is 17.5 Å². The van der Waals surface area contributed by atoms with Gasteiger partial charge in [0.2, 0.25) is 0 Å². The van der Waals surface area contributed by atoms with E-state index >= 15 is 0 Å². The van der Waals surface area contributed by atoms with E-state index < -0.39 is 6.10 Å². The molecule has 0 fully saturated rings. The molecular formula is C16H20ClN3O3. The maximum absolute atomic E-state index is 12.1. The van der Waals surface area contributed by atoms with Gasteiger partial charge in [0.1, 0.15) is 0 Å². The topological polar surface area (TPSA) is 76.4 Å². The summed E-state index contributed by atoms with van der Waals surface area (Å²) >= 11 is 5.99. The van der Waals surface area contributed by atoms with E-state index in [-0.39, 0.29) is 12.5 Å². The minimum atomic E-state index is -0.592. The maximum Gasteiger partial charge on any atom is 0.271 e. The van der Waals surface area contributed by atoms with Crippen LogP contribution >= 0.6 is 11.6 Å². The number of benzene rings is 1. The number of hydrogen-bond acceptors (Lipinski definition) is 4. The molecule has 0 saturated heterocycles. The number of hydrogen-bond donors (Lipinski definition) is 2. The van der Waals surface area contributed by atoms with E-state index in [0.29, 0.717) is 23.7 Å². The van der Waals surface area contributed by atoms with Crippen LogP contribution in [0.2, 0.25) is 5.02 Å². The summed E-state index contributed by atoms with van der Waals surface area (Å²) in [5, 5.41) is 17.2. The van der Waals surface area contributed by atoms with Crippen molar-refractivity contribution < 1.29 is 14.6 Å². The highest BCUT2D eigenvalue weighted by atomic mass is 35.5. The lowest BCUT2D eigenvalue weighted by molar-refractivity contribution is 0.0587. The van der Waals surface area contributed by atoms with Crippen LogP contribution in [0.3, 0.4) is 0 Å². The Labute approximate surface area is 140 Å². The summed E-state index contributed by atoms with van der Waals surface area (Å²) < 4.78 is 6.50. The van der Waals surface area contributed by atoms with Crippen molar-refractivity contribution in [3.05, 3.63) is 46.7 Å². The molecule has 0 spiro atoms. The zero-order valence-electron chi connectivity index (χ0n) is 13.1. The normalized spacial score (nSPS) is 12.2. The number of aromatic nitrogens is 2. The average Bonchev–Trinajstić information content (AvgIpc) is 2.89. The smallest absolute Gasteiger partial charge is 0.271 e. The number of ether oxygens (including phenoxy) is 1. The van der Waals surface area contributed by atoms with Gasteiger partial charge >= 0.3 is 0 Å². The molecule has 0 radical (unpaired) electrons. The Hall–Kier alpha value is -1.89. The Bertz CT molecular complexity index is 672. The monoisotopic (exact) mass is 337 g/mol. The fraction of sp³-hybridized carbons (Fsp3) is 0.375. The second-order valence-electron chi connectivity index (χ2n) is 5.22. The van der Waals surface area contributed by atoms with Gasteiger partial charge in [-0.2, -0.15) is 5.10 Å². The van der Waals surface area contributed by atoms with Crippen LogP contribution in [0, 0.1) is 6.92 Å². The molecular weight excluding hydrogens is 318 g/mol. The molecule has 0 bridgehead atoms. The SMILES string of the molecule is COCC(O)CCNC(=O)c1cc(C)n(-c2cccc(Cl)c2)n1. The zero-order chi connectivity index (χ0) is 16.8. The maximum atomic E-state index is 12.1. The van der Waals surface area contributed by atoms with Gasteiger partial charge in [0.15, 0.2) is 5.69 Å². The molecule has 1 unspecified atom stereocenters. The quantitative estimate of drug-likeness (QED) is 0.809. The summed E-state index contributed by atoms with van der Waals surface area (Å²) in [6.45, 7) is 2.47. The standard InChI is InChI=1S/C16H20ClN3O3/c1-11-8-15(16(22)18-7-6-14(21)10-23-2)19-20(11)13-5-3-4-12(17)9-13/h3-5,8-9,14,21H,6-7,10H2,1-2H3,(H,18,22). The van der Waals surface area contributed by atoms with Crippen molar-refractivity contribution in [1.29, 1.82) is 0 Å². The number of nitrogens with zero attached hydrogens (tertiary/aromatic N) is 2. The Kier molecular flexibility index (Phi) is 6.15. The van der Waals surface area contributed by atoms with Crippen molar-refractivity contribution in [3.63, 3.8) is 0 Å². The van der Waals surface area contributed by atoms with Gasteiger partial charge in [0, 0.05) is 24.4 Å². The van der Waals surface area contributed by atoms with Crippen molar-refractivity contribution in [2.24, 2.45) is 0 Å². The van der Waals surface area contributed by atoms with Crippen LogP contribution in [0.25, 0.3) is 5.69 Å². The van der Waals surface area contributed by atoms with Gasteiger partial charge in [-0.1, -0.05) is 17.7 Å². The average molecular weight is 338 g/mol. The van der Waals surface area contributed by atoms with Gasteiger partial charge in [-0.25, -0.2) is 4.68 Å². The predicted octanol–water partition coefficient (Wildman–Crippen LogP) is 1.96. The third kappa shape index (κ3) is 4.79. The molecule has 0 aliphatic carbocycles. The Morgan fingerprint density at radius 1 is 1.48 bits per heavy atom. The highest BCUT2D eigenvalue weighted by molar-refractivity contribution is 6.30. The number of halogens is 1. The third-order valence-corrected chi connectivity index (χ3v) is 3.53. The Balaban J connectivity index is 2.01. The van der Waals surface area contributed by atoms with Crippen molar-refractivity contribution in [3.8, 4) is 5.69 Å². The number of rotatable bonds is 7. The molecule has 124 valence electrons. The summed E-state index contributed by atoms with van der Waals surface area (Å²) in [6, 6.07) is 8.97. The van der Waals surface area contributed by atoms with Gasteiger partial charge in [0.05, 0.1) is 18.4 Å². The Morgan fingerprint density at radius 2 is 2.26 bits per heavy atom. The third-order valence-electron chi connectivity index (χ3n) is 3.30. The molecule has 1 aromatic heterocycles. The number of methoxy groups -OCH3 is 1. The molecule has 0 saturated carbocycles. The van der Waals surface area contributed by atoms with E-state index in [1.165, 1.54) is 7.11 Å². The number of nitrogens with one attached hydrogen (secondary N) is 1. The van der Waals surface area contributed by atoms with E-state index in [2.05, 4.69) is 10.4 Å². The number of aliphatic hydroxyl groups is 1. The minimum absolute atomic E-state index is 0.248. The summed E-state index contributed by atoms with van der Waals surface area (Å²) in [4.78, 5) is 12.1. The zero-order valence-corrected chi connectivity index (χ0v) is 13.9. The molecule has 2 rings (SSSR count). The van der Waals surface area contributed by atoms with E-state index in [1.807, 2.05) is 19.1 Å². The molecule has 0 aliphatic rings. The molecule has 1 aromatic carbocycles. The van der Waals surface area contributed by atoms with E-state index in [4.69, 9.17) is 16.3 Å². The second kappa shape index (κ2) is 8.10. The number of amides is 1. The minimum Gasteiger partial charge on any atom is -0.391 e. The summed E-state index contributed by atoms with van der Waals surface area (Å²) in [6.07, 6.45) is -0.167. The lowest BCUT2D eigenvalue weighted by Gasteiger charge is -2.09. The first kappa shape index (κ1) is 17.5. The van der Waals surface area contributed by atoms with Crippen LogP contribution in [0.15, 0.2) is 30.3 Å². The fourth-order valence-electron chi connectivity index (χ4n) is 2.17. The molecule has 23 heavy (non-hydrogen) atoms. The highest BCUT2D eigenvalue weighted by Gasteiger charge is 2.13. The van der Waals surface area contributed by atoms with Crippen LogP contribution in [0.4, 0.5) is 0 Å². The molecule has 1 heterocycles. The van der Waals surface area contributed by atoms with Crippen molar-refractivity contribution in [2.75, 3.05) is 20.3 Å². The molecule has 2 aromatic rings. The second-order valence-corrected chi connectivity index (χ2v) is 5.65. The van der Waals surface area contributed by atoms with Crippen molar-refractivity contribution in [1.82, 2.24) is 15.1 Å². The van der Waals surface area contributed by atoms with Crippen LogP contribution in [0.5, 0.6) is 0 Å². The van der Waals surface area contributed by atoms with Crippen LogP contribution in [-0.4, -0.2) is 47.2 Å². The predicted molar refractivity (Wildman–Crippen MR) is 88.1 cm³/mol. The first-order valence-corrected chi connectivity index (χ1v) is 7.67. The van der Waals surface area contributed by atoms with Gasteiger partial charge in [-0.15, -0.1) is 0 Å².